The Labute approximate surface area is 128 Å². The molecule has 1 N–H and O–H groups in total. The van der Waals surface area contributed by atoms with E-state index in [9.17, 15) is 4.79 Å². The number of hydrogen-bond donors (Lipinski definition) is 1. The molecule has 1 aliphatic heterocycles. The van der Waals surface area contributed by atoms with Crippen LogP contribution in [0.3, 0.4) is 0 Å². The molecular formula is C18H26N2O. The normalized spacial score (nSPS) is 17.0. The van der Waals surface area contributed by atoms with Crippen LogP contribution in [0.4, 0.5) is 5.69 Å². The van der Waals surface area contributed by atoms with Crippen LogP contribution in [0.2, 0.25) is 0 Å². The van der Waals surface area contributed by atoms with Gasteiger partial charge in [0.25, 0.3) is 0 Å². The Hall–Kier alpha value is -1.61. The van der Waals surface area contributed by atoms with Gasteiger partial charge in [-0.25, -0.2) is 0 Å². The first-order valence-electron chi connectivity index (χ1n) is 7.46. The molecule has 1 aromatic carbocycles. The first-order chi connectivity index (χ1) is 9.63. The number of hydrogen-bond acceptors (Lipinski definition) is 2. The lowest BCUT2D eigenvalue weighted by Crippen LogP contribution is -2.41. The molecule has 0 aliphatic carbocycles. The topological polar surface area (TPSA) is 32.3 Å². The monoisotopic (exact) mass is 286 g/mol. The molecule has 0 atom stereocenters. The van der Waals surface area contributed by atoms with Crippen LogP contribution in [0.15, 0.2) is 36.4 Å². The molecule has 3 heteroatoms. The molecule has 1 aliphatic rings. The SMILES string of the molecule is C=C(CNC(C)(C)C)CN1C(=O)C(C)(C)c2ccccc21. The number of nitrogens with zero attached hydrogens (tertiary/aromatic N) is 1. The highest BCUT2D eigenvalue weighted by molar-refractivity contribution is 6.07. The lowest BCUT2D eigenvalue weighted by Gasteiger charge is -2.25. The minimum absolute atomic E-state index is 0.0507. The summed E-state index contributed by atoms with van der Waals surface area (Å²) in [6.45, 7) is 15.8. The number of benzene rings is 1. The quantitative estimate of drug-likeness (QED) is 0.862. The lowest BCUT2D eigenvalue weighted by molar-refractivity contribution is -0.122. The fraction of sp³-hybridized carbons (Fsp3) is 0.500. The molecule has 0 radical (unpaired) electrons. The molecule has 0 saturated heterocycles. The van der Waals surface area contributed by atoms with E-state index in [0.29, 0.717) is 6.54 Å². The molecule has 0 saturated carbocycles. The van der Waals surface area contributed by atoms with Gasteiger partial charge in [0.2, 0.25) is 5.91 Å². The highest BCUT2D eigenvalue weighted by Gasteiger charge is 2.43. The summed E-state index contributed by atoms with van der Waals surface area (Å²) in [4.78, 5) is 14.5. The fourth-order valence-corrected chi connectivity index (χ4v) is 2.63. The second kappa shape index (κ2) is 5.30. The van der Waals surface area contributed by atoms with Crippen LogP contribution in [-0.4, -0.2) is 24.5 Å². The van der Waals surface area contributed by atoms with Crippen molar-refractivity contribution in [3.05, 3.63) is 42.0 Å². The van der Waals surface area contributed by atoms with Gasteiger partial charge in [0.1, 0.15) is 0 Å². The van der Waals surface area contributed by atoms with Crippen LogP contribution in [-0.2, 0) is 10.2 Å². The second-order valence-electron chi connectivity index (χ2n) is 7.39. The summed E-state index contributed by atoms with van der Waals surface area (Å²) in [7, 11) is 0. The molecular weight excluding hydrogens is 260 g/mol. The summed E-state index contributed by atoms with van der Waals surface area (Å²) in [6, 6.07) is 8.04. The van der Waals surface area contributed by atoms with E-state index in [0.717, 1.165) is 23.4 Å². The van der Waals surface area contributed by atoms with Crippen molar-refractivity contribution in [2.45, 2.75) is 45.6 Å². The molecule has 1 amide bonds. The van der Waals surface area contributed by atoms with E-state index >= 15 is 0 Å². The lowest BCUT2D eigenvalue weighted by atomic mass is 9.86. The van der Waals surface area contributed by atoms with Gasteiger partial charge in [0.05, 0.1) is 5.41 Å². The maximum Gasteiger partial charge on any atom is 0.237 e. The number of nitrogens with one attached hydrogen (secondary N) is 1. The van der Waals surface area contributed by atoms with Gasteiger partial charge in [0, 0.05) is 24.3 Å². The van der Waals surface area contributed by atoms with Gasteiger partial charge in [-0.2, -0.15) is 0 Å². The number of para-hydroxylation sites is 1. The van der Waals surface area contributed by atoms with Gasteiger partial charge in [-0.1, -0.05) is 24.8 Å². The predicted molar refractivity (Wildman–Crippen MR) is 88.7 cm³/mol. The van der Waals surface area contributed by atoms with E-state index in [2.05, 4.69) is 32.7 Å². The highest BCUT2D eigenvalue weighted by Crippen LogP contribution is 2.41. The number of fused-ring (bicyclic) bond motifs is 1. The summed E-state index contributed by atoms with van der Waals surface area (Å²) >= 11 is 0. The summed E-state index contributed by atoms with van der Waals surface area (Å²) < 4.78 is 0. The van der Waals surface area contributed by atoms with E-state index in [4.69, 9.17) is 0 Å². The number of anilines is 1. The van der Waals surface area contributed by atoms with Crippen LogP contribution >= 0.6 is 0 Å². The summed E-state index contributed by atoms with van der Waals surface area (Å²) in [5.41, 5.74) is 2.74. The van der Waals surface area contributed by atoms with Crippen LogP contribution in [0.25, 0.3) is 0 Å². The second-order valence-corrected chi connectivity index (χ2v) is 7.39. The van der Waals surface area contributed by atoms with Gasteiger partial charge >= 0.3 is 0 Å². The molecule has 0 spiro atoms. The Morgan fingerprint density at radius 1 is 1.29 bits per heavy atom. The van der Waals surface area contributed by atoms with Crippen LogP contribution in [0.1, 0.15) is 40.2 Å². The molecule has 0 aromatic heterocycles. The zero-order valence-electron chi connectivity index (χ0n) is 13.8. The minimum atomic E-state index is -0.450. The molecule has 0 bridgehead atoms. The number of rotatable bonds is 4. The summed E-state index contributed by atoms with van der Waals surface area (Å²) in [6.07, 6.45) is 0. The van der Waals surface area contributed by atoms with Crippen LogP contribution in [0, 0.1) is 0 Å². The molecule has 21 heavy (non-hydrogen) atoms. The number of carbonyl (C=O) groups excluding carboxylic acids is 1. The average molecular weight is 286 g/mol. The van der Waals surface area contributed by atoms with Crippen molar-refractivity contribution in [1.82, 2.24) is 5.32 Å². The van der Waals surface area contributed by atoms with Crippen molar-refractivity contribution in [1.29, 1.82) is 0 Å². The first-order valence-corrected chi connectivity index (χ1v) is 7.46. The zero-order chi connectivity index (χ0) is 15.8. The van der Waals surface area contributed by atoms with Gasteiger partial charge < -0.3 is 10.2 Å². The van der Waals surface area contributed by atoms with Crippen molar-refractivity contribution in [2.24, 2.45) is 0 Å². The summed E-state index contributed by atoms with van der Waals surface area (Å²) in [5, 5.41) is 3.42. The van der Waals surface area contributed by atoms with E-state index in [-0.39, 0.29) is 11.4 Å². The van der Waals surface area contributed by atoms with E-state index in [1.807, 2.05) is 43.0 Å². The third-order valence-corrected chi connectivity index (χ3v) is 3.90. The predicted octanol–water partition coefficient (Wildman–Crippen LogP) is 3.26. The molecule has 1 heterocycles. The van der Waals surface area contributed by atoms with Gasteiger partial charge in [0.15, 0.2) is 0 Å². The van der Waals surface area contributed by atoms with Gasteiger partial charge in [-0.3, -0.25) is 4.79 Å². The standard InChI is InChI=1S/C18H26N2O/c1-13(11-19-17(2,3)4)12-20-15-10-8-7-9-14(15)18(5,6)16(20)21/h7-10,19H,1,11-12H2,2-6H3. The third-order valence-electron chi connectivity index (χ3n) is 3.90. The van der Waals surface area contributed by atoms with Crippen molar-refractivity contribution in [3.8, 4) is 0 Å². The largest absolute Gasteiger partial charge is 0.308 e. The Kier molecular flexibility index (Phi) is 3.98. The van der Waals surface area contributed by atoms with E-state index in [1.165, 1.54) is 0 Å². The number of carbonyl (C=O) groups is 1. The molecule has 0 unspecified atom stereocenters. The van der Waals surface area contributed by atoms with E-state index in [1.54, 1.807) is 0 Å². The van der Waals surface area contributed by atoms with Gasteiger partial charge in [-0.15, -0.1) is 0 Å². The maximum atomic E-state index is 12.7. The van der Waals surface area contributed by atoms with Crippen molar-refractivity contribution in [2.75, 3.05) is 18.0 Å². The van der Waals surface area contributed by atoms with Gasteiger partial charge in [-0.05, 0) is 51.8 Å². The molecule has 0 fully saturated rings. The van der Waals surface area contributed by atoms with Crippen LogP contribution in [0.5, 0.6) is 0 Å². The smallest absolute Gasteiger partial charge is 0.237 e. The number of amides is 1. The summed E-state index contributed by atoms with van der Waals surface area (Å²) in [5.74, 6) is 0.153. The Bertz CT molecular complexity index is 567. The molecule has 114 valence electrons. The van der Waals surface area contributed by atoms with Crippen molar-refractivity contribution >= 4 is 11.6 Å². The molecule has 2 rings (SSSR count). The van der Waals surface area contributed by atoms with Crippen LogP contribution < -0.4 is 10.2 Å². The Morgan fingerprint density at radius 2 is 1.90 bits per heavy atom. The fourth-order valence-electron chi connectivity index (χ4n) is 2.63. The maximum absolute atomic E-state index is 12.7. The Balaban J connectivity index is 2.15. The molecule has 3 nitrogen and oxygen atoms in total. The van der Waals surface area contributed by atoms with Crippen molar-refractivity contribution < 1.29 is 4.79 Å². The zero-order valence-corrected chi connectivity index (χ0v) is 13.8. The first kappa shape index (κ1) is 15.8. The Morgan fingerprint density at radius 3 is 2.52 bits per heavy atom. The minimum Gasteiger partial charge on any atom is -0.308 e. The third kappa shape index (κ3) is 3.18. The highest BCUT2D eigenvalue weighted by atomic mass is 16.2. The molecule has 1 aromatic rings. The van der Waals surface area contributed by atoms with Crippen molar-refractivity contribution in [3.63, 3.8) is 0 Å². The average Bonchev–Trinajstić information content (AvgIpc) is 2.58. The van der Waals surface area contributed by atoms with E-state index < -0.39 is 5.41 Å².